The van der Waals surface area contributed by atoms with Crippen molar-refractivity contribution in [3.05, 3.63) is 17.2 Å². The summed E-state index contributed by atoms with van der Waals surface area (Å²) in [7, 11) is 0. The Morgan fingerprint density at radius 3 is 2.90 bits per heavy atom. The second kappa shape index (κ2) is 6.30. The predicted molar refractivity (Wildman–Crippen MR) is 82.9 cm³/mol. The molecule has 1 aromatic rings. The van der Waals surface area contributed by atoms with Crippen LogP contribution in [0, 0.1) is 5.92 Å². The average molecular weight is 275 g/mol. The summed E-state index contributed by atoms with van der Waals surface area (Å²) in [5, 5.41) is 3.47. The third kappa shape index (κ3) is 2.93. The van der Waals surface area contributed by atoms with E-state index >= 15 is 0 Å². The number of hydrogen-bond donors (Lipinski definition) is 1. The number of fused-ring (bicyclic) bond motifs is 1. The first-order valence-corrected chi connectivity index (χ1v) is 8.62. The van der Waals surface area contributed by atoms with Gasteiger partial charge in [0.2, 0.25) is 0 Å². The van der Waals surface area contributed by atoms with Crippen molar-refractivity contribution < 1.29 is 0 Å². The van der Waals surface area contributed by atoms with Gasteiger partial charge >= 0.3 is 0 Å². The summed E-state index contributed by atoms with van der Waals surface area (Å²) in [5.74, 6) is 3.01. The van der Waals surface area contributed by atoms with Crippen LogP contribution in [0.5, 0.6) is 0 Å². The molecule has 3 nitrogen and oxygen atoms in total. The molecule has 0 bridgehead atoms. The minimum atomic E-state index is 0.768. The Morgan fingerprint density at radius 1 is 1.35 bits per heavy atom. The van der Waals surface area contributed by atoms with Gasteiger partial charge in [-0.1, -0.05) is 33.1 Å². The van der Waals surface area contributed by atoms with Crippen molar-refractivity contribution in [2.75, 3.05) is 6.54 Å². The molecule has 20 heavy (non-hydrogen) atoms. The third-order valence-corrected chi connectivity index (χ3v) is 4.94. The molecule has 1 aliphatic carbocycles. The molecule has 1 N–H and O–H groups in total. The van der Waals surface area contributed by atoms with E-state index in [4.69, 9.17) is 4.98 Å². The molecular weight excluding hydrogens is 246 g/mol. The Labute approximate surface area is 123 Å². The Balaban J connectivity index is 1.81. The summed E-state index contributed by atoms with van der Waals surface area (Å²) in [6.07, 6.45) is 9.24. The molecule has 1 atom stereocenters. The zero-order chi connectivity index (χ0) is 13.9. The highest BCUT2D eigenvalue weighted by atomic mass is 15.1. The van der Waals surface area contributed by atoms with Gasteiger partial charge in [-0.15, -0.1) is 0 Å². The van der Waals surface area contributed by atoms with E-state index < -0.39 is 0 Å². The molecule has 0 saturated heterocycles. The summed E-state index contributed by atoms with van der Waals surface area (Å²) in [6.45, 7) is 7.96. The van der Waals surface area contributed by atoms with Crippen LogP contribution in [0.15, 0.2) is 0 Å². The summed E-state index contributed by atoms with van der Waals surface area (Å²) in [5.41, 5.74) is 2.88. The van der Waals surface area contributed by atoms with Crippen LogP contribution >= 0.6 is 0 Å². The van der Waals surface area contributed by atoms with Crippen LogP contribution in [0.2, 0.25) is 0 Å². The van der Waals surface area contributed by atoms with Crippen LogP contribution in [0.25, 0.3) is 0 Å². The van der Waals surface area contributed by atoms with Gasteiger partial charge in [0.05, 0.1) is 5.69 Å². The highest BCUT2D eigenvalue weighted by Gasteiger charge is 2.32. The molecule has 2 heterocycles. The van der Waals surface area contributed by atoms with Gasteiger partial charge in [0.1, 0.15) is 5.82 Å². The zero-order valence-electron chi connectivity index (χ0n) is 13.1. The van der Waals surface area contributed by atoms with Gasteiger partial charge in [-0.2, -0.15) is 0 Å². The maximum atomic E-state index is 4.98. The topological polar surface area (TPSA) is 29.9 Å². The summed E-state index contributed by atoms with van der Waals surface area (Å²) >= 11 is 0. The van der Waals surface area contributed by atoms with Gasteiger partial charge in [-0.05, 0) is 25.2 Å². The number of hydrogen-bond acceptors (Lipinski definition) is 2. The number of nitrogens with one attached hydrogen (secondary N) is 1. The van der Waals surface area contributed by atoms with Crippen molar-refractivity contribution in [1.29, 1.82) is 0 Å². The maximum Gasteiger partial charge on any atom is 0.112 e. The fraction of sp³-hybridized carbons (Fsp3) is 0.824. The number of imidazole rings is 1. The predicted octanol–water partition coefficient (Wildman–Crippen LogP) is 3.62. The molecule has 1 unspecified atom stereocenters. The van der Waals surface area contributed by atoms with E-state index in [2.05, 4.69) is 23.7 Å². The van der Waals surface area contributed by atoms with Gasteiger partial charge in [-0.25, -0.2) is 4.98 Å². The van der Waals surface area contributed by atoms with Crippen molar-refractivity contribution in [3.63, 3.8) is 0 Å². The first kappa shape index (κ1) is 14.1. The average Bonchev–Trinajstić information content (AvgIpc) is 3.26. The van der Waals surface area contributed by atoms with Crippen LogP contribution in [-0.2, 0) is 19.5 Å². The Kier molecular flexibility index (Phi) is 4.45. The largest absolute Gasteiger partial charge is 0.331 e. The summed E-state index contributed by atoms with van der Waals surface area (Å²) < 4.78 is 2.62. The number of unbranched alkanes of at least 4 members (excludes halogenated alkanes) is 1. The second-order valence-corrected chi connectivity index (χ2v) is 6.59. The lowest BCUT2D eigenvalue weighted by molar-refractivity contribution is 0.377. The Morgan fingerprint density at radius 2 is 2.20 bits per heavy atom. The van der Waals surface area contributed by atoms with E-state index in [1.807, 2.05) is 0 Å². The molecule has 0 spiro atoms. The first-order chi connectivity index (χ1) is 9.83. The monoisotopic (exact) mass is 275 g/mol. The fourth-order valence-electron chi connectivity index (χ4n) is 3.42. The van der Waals surface area contributed by atoms with Gasteiger partial charge in [0, 0.05) is 37.7 Å². The van der Waals surface area contributed by atoms with Crippen molar-refractivity contribution in [2.45, 2.75) is 77.8 Å². The zero-order valence-corrected chi connectivity index (χ0v) is 13.1. The van der Waals surface area contributed by atoms with Crippen molar-refractivity contribution in [2.24, 2.45) is 5.92 Å². The minimum absolute atomic E-state index is 0.768. The van der Waals surface area contributed by atoms with Crippen LogP contribution in [-0.4, -0.2) is 16.1 Å². The molecule has 0 amide bonds. The maximum absolute atomic E-state index is 4.98. The van der Waals surface area contributed by atoms with Crippen LogP contribution < -0.4 is 5.32 Å². The number of nitrogens with zero attached hydrogens (tertiary/aromatic N) is 2. The highest BCUT2D eigenvalue weighted by molar-refractivity contribution is 5.24. The smallest absolute Gasteiger partial charge is 0.112 e. The molecule has 0 radical (unpaired) electrons. The van der Waals surface area contributed by atoms with E-state index in [0.717, 1.165) is 24.9 Å². The highest BCUT2D eigenvalue weighted by Crippen LogP contribution is 2.41. The van der Waals surface area contributed by atoms with E-state index in [-0.39, 0.29) is 0 Å². The van der Waals surface area contributed by atoms with E-state index in [9.17, 15) is 0 Å². The molecular formula is C17H29N3. The van der Waals surface area contributed by atoms with Gasteiger partial charge < -0.3 is 9.88 Å². The third-order valence-electron chi connectivity index (χ3n) is 4.94. The number of rotatable bonds is 7. The van der Waals surface area contributed by atoms with Gasteiger partial charge in [-0.3, -0.25) is 0 Å². The first-order valence-electron chi connectivity index (χ1n) is 8.62. The Bertz CT molecular complexity index is 445. The molecule has 1 aliphatic heterocycles. The summed E-state index contributed by atoms with van der Waals surface area (Å²) in [6, 6.07) is 0. The van der Waals surface area contributed by atoms with E-state index in [0.29, 0.717) is 0 Å². The molecule has 3 rings (SSSR count). The molecule has 2 aliphatic rings. The van der Waals surface area contributed by atoms with Gasteiger partial charge in [0.15, 0.2) is 0 Å². The number of aromatic nitrogens is 2. The minimum Gasteiger partial charge on any atom is -0.331 e. The molecule has 0 aromatic carbocycles. The van der Waals surface area contributed by atoms with Crippen molar-refractivity contribution in [3.8, 4) is 0 Å². The van der Waals surface area contributed by atoms with Crippen molar-refractivity contribution in [1.82, 2.24) is 14.9 Å². The molecule has 1 saturated carbocycles. The van der Waals surface area contributed by atoms with E-state index in [1.165, 1.54) is 63.0 Å². The second-order valence-electron chi connectivity index (χ2n) is 6.59. The molecule has 3 heteroatoms. The SMILES string of the molecule is CCCCC(CC)Cn1c(C2CC2)nc2c1CCNC2. The summed E-state index contributed by atoms with van der Waals surface area (Å²) in [4.78, 5) is 4.98. The lowest BCUT2D eigenvalue weighted by Gasteiger charge is -2.21. The molecule has 1 aromatic heterocycles. The standard InChI is InChI=1S/C17H29N3/c1-3-5-6-13(4-2)12-20-16-9-10-18-11-15(16)19-17(20)14-7-8-14/h13-14,18H,3-12H2,1-2H3. The van der Waals surface area contributed by atoms with Crippen LogP contribution in [0.1, 0.15) is 75.5 Å². The normalized spacial score (nSPS) is 19.9. The quantitative estimate of drug-likeness (QED) is 0.823. The van der Waals surface area contributed by atoms with Crippen LogP contribution in [0.4, 0.5) is 0 Å². The lowest BCUT2D eigenvalue weighted by Crippen LogP contribution is -2.26. The van der Waals surface area contributed by atoms with Crippen molar-refractivity contribution >= 4 is 0 Å². The van der Waals surface area contributed by atoms with Gasteiger partial charge in [0.25, 0.3) is 0 Å². The molecule has 1 fully saturated rings. The lowest BCUT2D eigenvalue weighted by atomic mass is 9.99. The fourth-order valence-corrected chi connectivity index (χ4v) is 3.42. The van der Waals surface area contributed by atoms with Crippen LogP contribution in [0.3, 0.4) is 0 Å². The Hall–Kier alpha value is -0.830. The molecule has 112 valence electrons. The van der Waals surface area contributed by atoms with E-state index in [1.54, 1.807) is 5.69 Å².